The number of amides is 1. The number of pyridine rings is 1. The molecule has 0 bridgehead atoms. The Hall–Kier alpha value is -3.67. The maximum Gasteiger partial charge on any atom is 0.251 e. The standard InChI is InChI=1S/C25H26N4O2/c1-19-8-10-21(11-9-19)31-18-17-29-23-6-3-2-5-22(23)28-24(29)7-4-14-27-25(30)20-12-15-26-16-13-20/h2-3,5-6,8-13,15-16H,4,7,14,17-18H2,1H3,(H,27,30). The van der Waals surface area contributed by atoms with Crippen LogP contribution in [0.2, 0.25) is 0 Å². The van der Waals surface area contributed by atoms with Crippen LogP contribution in [0.25, 0.3) is 11.0 Å². The van der Waals surface area contributed by atoms with E-state index in [9.17, 15) is 4.79 Å². The van der Waals surface area contributed by atoms with Crippen LogP contribution in [0.3, 0.4) is 0 Å². The first-order valence-corrected chi connectivity index (χ1v) is 10.5. The highest BCUT2D eigenvalue weighted by Crippen LogP contribution is 2.18. The average Bonchev–Trinajstić information content (AvgIpc) is 3.16. The Morgan fingerprint density at radius 3 is 2.61 bits per heavy atom. The molecule has 0 fully saturated rings. The molecule has 0 atom stereocenters. The SMILES string of the molecule is Cc1ccc(OCCn2c(CCCNC(=O)c3ccncc3)nc3ccccc32)cc1. The van der Waals surface area contributed by atoms with Crippen molar-refractivity contribution in [2.24, 2.45) is 0 Å². The lowest BCUT2D eigenvalue weighted by Gasteiger charge is -2.11. The molecule has 0 unspecified atom stereocenters. The van der Waals surface area contributed by atoms with Crippen molar-refractivity contribution >= 4 is 16.9 Å². The first-order chi connectivity index (χ1) is 15.2. The predicted octanol–water partition coefficient (Wildman–Crippen LogP) is 4.18. The third-order valence-electron chi connectivity index (χ3n) is 5.14. The number of aryl methyl sites for hydroxylation is 2. The second kappa shape index (κ2) is 9.89. The van der Waals surface area contributed by atoms with E-state index >= 15 is 0 Å². The number of fused-ring (bicyclic) bond motifs is 1. The molecule has 0 saturated carbocycles. The smallest absolute Gasteiger partial charge is 0.251 e. The number of rotatable bonds is 9. The van der Waals surface area contributed by atoms with E-state index in [1.54, 1.807) is 24.5 Å². The van der Waals surface area contributed by atoms with Gasteiger partial charge in [-0.3, -0.25) is 9.78 Å². The van der Waals surface area contributed by atoms with Gasteiger partial charge in [-0.25, -0.2) is 4.98 Å². The first-order valence-electron chi connectivity index (χ1n) is 10.5. The molecule has 2 aromatic carbocycles. The monoisotopic (exact) mass is 414 g/mol. The molecule has 0 spiro atoms. The number of hydrogen-bond donors (Lipinski definition) is 1. The molecular formula is C25H26N4O2. The van der Waals surface area contributed by atoms with Gasteiger partial charge >= 0.3 is 0 Å². The summed E-state index contributed by atoms with van der Waals surface area (Å²) in [5.41, 5.74) is 3.92. The summed E-state index contributed by atoms with van der Waals surface area (Å²) in [6.07, 6.45) is 4.82. The van der Waals surface area contributed by atoms with E-state index in [0.29, 0.717) is 25.3 Å². The number of ether oxygens (including phenoxy) is 1. The van der Waals surface area contributed by atoms with E-state index in [4.69, 9.17) is 9.72 Å². The van der Waals surface area contributed by atoms with Gasteiger partial charge in [-0.15, -0.1) is 0 Å². The van der Waals surface area contributed by atoms with E-state index in [1.165, 1.54) is 5.56 Å². The number of carbonyl (C=O) groups is 1. The first kappa shape index (κ1) is 20.6. The summed E-state index contributed by atoms with van der Waals surface area (Å²) in [7, 11) is 0. The Bertz CT molecular complexity index is 1140. The molecule has 0 aliphatic carbocycles. The second-order valence-corrected chi connectivity index (χ2v) is 7.43. The molecule has 1 N–H and O–H groups in total. The molecule has 2 aromatic heterocycles. The van der Waals surface area contributed by atoms with Gasteiger partial charge in [-0.1, -0.05) is 29.8 Å². The molecule has 0 radical (unpaired) electrons. The van der Waals surface area contributed by atoms with E-state index in [1.807, 2.05) is 42.5 Å². The van der Waals surface area contributed by atoms with Gasteiger partial charge in [0.2, 0.25) is 0 Å². The molecule has 0 aliphatic heterocycles. The molecule has 31 heavy (non-hydrogen) atoms. The number of hydrogen-bond acceptors (Lipinski definition) is 4. The van der Waals surface area contributed by atoms with Crippen LogP contribution in [0, 0.1) is 6.92 Å². The molecule has 4 aromatic rings. The lowest BCUT2D eigenvalue weighted by atomic mass is 10.2. The van der Waals surface area contributed by atoms with E-state index in [0.717, 1.165) is 35.4 Å². The summed E-state index contributed by atoms with van der Waals surface area (Å²) in [5.74, 6) is 1.80. The topological polar surface area (TPSA) is 69.0 Å². The normalized spacial score (nSPS) is 10.9. The zero-order valence-corrected chi connectivity index (χ0v) is 17.6. The molecule has 4 rings (SSSR count). The quantitative estimate of drug-likeness (QED) is 0.417. The Balaban J connectivity index is 1.36. The van der Waals surface area contributed by atoms with Crippen molar-refractivity contribution in [2.45, 2.75) is 26.3 Å². The van der Waals surface area contributed by atoms with Gasteiger partial charge in [-0.2, -0.15) is 0 Å². The van der Waals surface area contributed by atoms with E-state index in [-0.39, 0.29) is 5.91 Å². The Labute approximate surface area is 181 Å². The van der Waals surface area contributed by atoms with Crippen LogP contribution in [-0.2, 0) is 13.0 Å². The minimum absolute atomic E-state index is 0.0811. The number of nitrogens with zero attached hydrogens (tertiary/aromatic N) is 3. The van der Waals surface area contributed by atoms with Gasteiger partial charge < -0.3 is 14.6 Å². The summed E-state index contributed by atoms with van der Waals surface area (Å²) in [6.45, 7) is 3.93. The van der Waals surface area contributed by atoms with Crippen molar-refractivity contribution in [1.82, 2.24) is 19.9 Å². The highest BCUT2D eigenvalue weighted by Gasteiger charge is 2.11. The highest BCUT2D eigenvalue weighted by molar-refractivity contribution is 5.93. The molecule has 6 nitrogen and oxygen atoms in total. The average molecular weight is 415 g/mol. The minimum Gasteiger partial charge on any atom is -0.492 e. The van der Waals surface area contributed by atoms with E-state index in [2.05, 4.69) is 27.9 Å². The Morgan fingerprint density at radius 1 is 1.03 bits per heavy atom. The zero-order valence-electron chi connectivity index (χ0n) is 17.6. The Morgan fingerprint density at radius 2 is 1.81 bits per heavy atom. The minimum atomic E-state index is -0.0811. The number of aromatic nitrogens is 3. The summed E-state index contributed by atoms with van der Waals surface area (Å²) in [4.78, 5) is 20.9. The second-order valence-electron chi connectivity index (χ2n) is 7.43. The molecule has 0 saturated heterocycles. The van der Waals surface area contributed by atoms with E-state index < -0.39 is 0 Å². The fourth-order valence-electron chi connectivity index (χ4n) is 3.51. The van der Waals surface area contributed by atoms with Crippen LogP contribution in [0.15, 0.2) is 73.1 Å². The van der Waals surface area contributed by atoms with Crippen LogP contribution in [0.5, 0.6) is 5.75 Å². The van der Waals surface area contributed by atoms with Crippen LogP contribution >= 0.6 is 0 Å². The molecule has 0 aliphatic rings. The third kappa shape index (κ3) is 5.28. The summed E-state index contributed by atoms with van der Waals surface area (Å²) in [6, 6.07) is 19.7. The molecule has 1 amide bonds. The lowest BCUT2D eigenvalue weighted by molar-refractivity contribution is 0.0953. The summed E-state index contributed by atoms with van der Waals surface area (Å²) < 4.78 is 8.15. The maximum absolute atomic E-state index is 12.2. The number of carbonyl (C=O) groups excluding carboxylic acids is 1. The van der Waals surface area contributed by atoms with Crippen LogP contribution in [0.1, 0.15) is 28.2 Å². The number of benzene rings is 2. The number of nitrogens with one attached hydrogen (secondary N) is 1. The number of para-hydroxylation sites is 2. The van der Waals surface area contributed by atoms with Crippen molar-refractivity contribution < 1.29 is 9.53 Å². The van der Waals surface area contributed by atoms with Crippen LogP contribution < -0.4 is 10.1 Å². The third-order valence-corrected chi connectivity index (χ3v) is 5.14. The van der Waals surface area contributed by atoms with Crippen LogP contribution in [-0.4, -0.2) is 33.6 Å². The summed E-state index contributed by atoms with van der Waals surface area (Å²) in [5, 5.41) is 2.96. The zero-order chi connectivity index (χ0) is 21.5. The fourth-order valence-corrected chi connectivity index (χ4v) is 3.51. The van der Waals surface area contributed by atoms with Crippen LogP contribution in [0.4, 0.5) is 0 Å². The molecular weight excluding hydrogens is 388 g/mol. The van der Waals surface area contributed by atoms with Gasteiger partial charge in [0.15, 0.2) is 0 Å². The van der Waals surface area contributed by atoms with Crippen molar-refractivity contribution in [2.75, 3.05) is 13.2 Å². The summed E-state index contributed by atoms with van der Waals surface area (Å²) >= 11 is 0. The number of imidazole rings is 1. The molecule has 6 heteroatoms. The van der Waals surface area contributed by atoms with Gasteiger partial charge in [0.25, 0.3) is 5.91 Å². The lowest BCUT2D eigenvalue weighted by Crippen LogP contribution is -2.25. The van der Waals surface area contributed by atoms with Gasteiger partial charge in [0, 0.05) is 30.9 Å². The maximum atomic E-state index is 12.2. The molecule has 2 heterocycles. The van der Waals surface area contributed by atoms with Gasteiger partial charge in [0.1, 0.15) is 18.2 Å². The van der Waals surface area contributed by atoms with Crippen molar-refractivity contribution in [3.63, 3.8) is 0 Å². The Kier molecular flexibility index (Phi) is 6.57. The fraction of sp³-hybridized carbons (Fsp3) is 0.240. The molecule has 158 valence electrons. The van der Waals surface area contributed by atoms with Crippen molar-refractivity contribution in [3.8, 4) is 5.75 Å². The predicted molar refractivity (Wildman–Crippen MR) is 121 cm³/mol. The van der Waals surface area contributed by atoms with Gasteiger partial charge in [-0.05, 0) is 49.7 Å². The largest absolute Gasteiger partial charge is 0.492 e. The van der Waals surface area contributed by atoms with Crippen molar-refractivity contribution in [1.29, 1.82) is 0 Å². The van der Waals surface area contributed by atoms with Gasteiger partial charge in [0.05, 0.1) is 17.6 Å². The van der Waals surface area contributed by atoms with Crippen molar-refractivity contribution in [3.05, 3.63) is 90.0 Å². The highest BCUT2D eigenvalue weighted by atomic mass is 16.5.